The number of thioether (sulfide) groups is 1. The normalized spacial score (nSPS) is 10.8. The predicted molar refractivity (Wildman–Crippen MR) is 107 cm³/mol. The molecule has 0 spiro atoms. The van der Waals surface area contributed by atoms with E-state index in [1.807, 2.05) is 39.0 Å². The number of aryl methyl sites for hydroxylation is 2. The number of pyridine rings is 1. The average molecular weight is 384 g/mol. The molecule has 0 atom stereocenters. The van der Waals surface area contributed by atoms with Gasteiger partial charge in [-0.25, -0.2) is 9.97 Å². The number of carbonyl (C=O) groups is 1. The number of nitrogens with one attached hydrogen (secondary N) is 2. The summed E-state index contributed by atoms with van der Waals surface area (Å²) in [5, 5.41) is 3.65. The van der Waals surface area contributed by atoms with Gasteiger partial charge in [-0.3, -0.25) is 9.59 Å². The van der Waals surface area contributed by atoms with Crippen LogP contribution in [0.3, 0.4) is 0 Å². The zero-order chi connectivity index (χ0) is 19.4. The zero-order valence-electron chi connectivity index (χ0n) is 15.3. The Morgan fingerprint density at radius 2 is 2.04 bits per heavy atom. The van der Waals surface area contributed by atoms with Crippen LogP contribution in [0.2, 0.25) is 0 Å². The molecule has 0 aliphatic heterocycles. The van der Waals surface area contributed by atoms with Crippen LogP contribution in [0.1, 0.15) is 18.2 Å². The second-order valence-corrected chi connectivity index (χ2v) is 6.88. The first-order valence-electron chi connectivity index (χ1n) is 8.50. The number of benzene rings is 1. The van der Waals surface area contributed by atoms with Crippen molar-refractivity contribution in [1.82, 2.24) is 15.0 Å². The van der Waals surface area contributed by atoms with Gasteiger partial charge < -0.3 is 15.0 Å². The zero-order valence-corrected chi connectivity index (χ0v) is 16.1. The Morgan fingerprint density at radius 1 is 1.26 bits per heavy atom. The molecule has 2 heterocycles. The highest BCUT2D eigenvalue weighted by Gasteiger charge is 2.12. The lowest BCUT2D eigenvalue weighted by Crippen LogP contribution is -2.16. The van der Waals surface area contributed by atoms with Gasteiger partial charge in [-0.15, -0.1) is 0 Å². The Bertz CT molecular complexity index is 1050. The van der Waals surface area contributed by atoms with Crippen LogP contribution in [0.15, 0.2) is 40.3 Å². The molecule has 0 radical (unpaired) electrons. The molecular formula is C19H20N4O3S. The van der Waals surface area contributed by atoms with Crippen LogP contribution < -0.4 is 15.6 Å². The first kappa shape index (κ1) is 18.9. The number of rotatable bonds is 6. The first-order valence-corrected chi connectivity index (χ1v) is 9.49. The van der Waals surface area contributed by atoms with Crippen molar-refractivity contribution < 1.29 is 9.53 Å². The van der Waals surface area contributed by atoms with Crippen molar-refractivity contribution >= 4 is 34.4 Å². The van der Waals surface area contributed by atoms with Crippen LogP contribution in [-0.2, 0) is 4.79 Å². The summed E-state index contributed by atoms with van der Waals surface area (Å²) in [6, 6.07) is 9.08. The van der Waals surface area contributed by atoms with E-state index in [2.05, 4.69) is 20.3 Å². The lowest BCUT2D eigenvalue weighted by molar-refractivity contribution is -0.113. The molecule has 0 unspecified atom stereocenters. The van der Waals surface area contributed by atoms with Gasteiger partial charge >= 0.3 is 0 Å². The van der Waals surface area contributed by atoms with Crippen molar-refractivity contribution in [2.24, 2.45) is 0 Å². The molecule has 0 fully saturated rings. The first-order chi connectivity index (χ1) is 13.0. The SMILES string of the molecule is CCOc1ccccc1NC(=O)CSc1nc2nc(C)cc(C)c2c(=O)[nH]1. The molecule has 2 aromatic heterocycles. The van der Waals surface area contributed by atoms with Gasteiger partial charge in [0.05, 0.1) is 23.4 Å². The Morgan fingerprint density at radius 3 is 2.81 bits per heavy atom. The summed E-state index contributed by atoms with van der Waals surface area (Å²) in [7, 11) is 0. The molecule has 3 rings (SSSR count). The van der Waals surface area contributed by atoms with E-state index in [1.54, 1.807) is 12.1 Å². The molecule has 2 N–H and O–H groups in total. The molecule has 8 heteroatoms. The minimum Gasteiger partial charge on any atom is -0.492 e. The quantitative estimate of drug-likeness (QED) is 0.501. The van der Waals surface area contributed by atoms with Crippen LogP contribution in [0.5, 0.6) is 5.75 Å². The lowest BCUT2D eigenvalue weighted by Gasteiger charge is -2.11. The summed E-state index contributed by atoms with van der Waals surface area (Å²) < 4.78 is 5.50. The number of H-pyrrole nitrogens is 1. The fourth-order valence-electron chi connectivity index (χ4n) is 2.70. The Labute approximate surface area is 160 Å². The van der Waals surface area contributed by atoms with E-state index in [4.69, 9.17) is 4.74 Å². The van der Waals surface area contributed by atoms with Gasteiger partial charge in [0.1, 0.15) is 5.75 Å². The molecule has 140 valence electrons. The van der Waals surface area contributed by atoms with Gasteiger partial charge in [-0.1, -0.05) is 23.9 Å². The van der Waals surface area contributed by atoms with E-state index in [0.29, 0.717) is 34.2 Å². The highest BCUT2D eigenvalue weighted by atomic mass is 32.2. The summed E-state index contributed by atoms with van der Waals surface area (Å²) in [5.41, 5.74) is 2.36. The number of amides is 1. The van der Waals surface area contributed by atoms with E-state index in [9.17, 15) is 9.59 Å². The minimum atomic E-state index is -0.255. The Balaban J connectivity index is 1.73. The van der Waals surface area contributed by atoms with Crippen molar-refractivity contribution in [3.63, 3.8) is 0 Å². The molecule has 0 bridgehead atoms. The van der Waals surface area contributed by atoms with Crippen molar-refractivity contribution in [2.45, 2.75) is 25.9 Å². The highest BCUT2D eigenvalue weighted by Crippen LogP contribution is 2.24. The third kappa shape index (κ3) is 4.46. The molecule has 7 nitrogen and oxygen atoms in total. The Hall–Kier alpha value is -2.87. The lowest BCUT2D eigenvalue weighted by atomic mass is 10.2. The van der Waals surface area contributed by atoms with Crippen LogP contribution in [0, 0.1) is 13.8 Å². The van der Waals surface area contributed by atoms with Crippen LogP contribution >= 0.6 is 11.8 Å². The number of para-hydroxylation sites is 2. The standard InChI is InChI=1S/C19H20N4O3S/c1-4-26-14-8-6-5-7-13(14)21-15(24)10-27-19-22-17-16(18(25)23-19)11(2)9-12(3)20-17/h5-9H,4,10H2,1-3H3,(H,21,24)(H,20,22,23,25). The number of anilines is 1. The molecule has 0 aliphatic carbocycles. The van der Waals surface area contributed by atoms with Gasteiger partial charge in [0.25, 0.3) is 5.56 Å². The van der Waals surface area contributed by atoms with Crippen LogP contribution in [-0.4, -0.2) is 33.2 Å². The molecule has 0 aliphatic rings. The van der Waals surface area contributed by atoms with Gasteiger partial charge in [0.2, 0.25) is 5.91 Å². The van der Waals surface area contributed by atoms with E-state index < -0.39 is 0 Å². The number of aromatic nitrogens is 3. The summed E-state index contributed by atoms with van der Waals surface area (Å²) in [6.07, 6.45) is 0. The summed E-state index contributed by atoms with van der Waals surface area (Å²) in [4.78, 5) is 36.0. The fraction of sp³-hybridized carbons (Fsp3) is 0.263. The van der Waals surface area contributed by atoms with E-state index >= 15 is 0 Å². The van der Waals surface area contributed by atoms with E-state index in [0.717, 1.165) is 23.0 Å². The maximum Gasteiger partial charge on any atom is 0.261 e. The highest BCUT2D eigenvalue weighted by molar-refractivity contribution is 7.99. The number of hydrogen-bond donors (Lipinski definition) is 2. The summed E-state index contributed by atoms with van der Waals surface area (Å²) >= 11 is 1.15. The molecule has 1 aromatic carbocycles. The van der Waals surface area contributed by atoms with Crippen LogP contribution in [0.25, 0.3) is 11.0 Å². The topological polar surface area (TPSA) is 97.0 Å². The number of ether oxygens (including phenoxy) is 1. The third-order valence-electron chi connectivity index (χ3n) is 3.78. The number of hydrogen-bond acceptors (Lipinski definition) is 6. The summed E-state index contributed by atoms with van der Waals surface area (Å²) in [6.45, 7) is 6.10. The Kier molecular flexibility index (Phi) is 5.75. The smallest absolute Gasteiger partial charge is 0.261 e. The van der Waals surface area contributed by atoms with E-state index in [1.165, 1.54) is 0 Å². The maximum atomic E-state index is 12.3. The maximum absolute atomic E-state index is 12.3. The predicted octanol–water partition coefficient (Wildman–Crippen LogP) is 3.06. The van der Waals surface area contributed by atoms with Crippen molar-refractivity contribution in [3.05, 3.63) is 51.9 Å². The second-order valence-electron chi connectivity index (χ2n) is 5.92. The molecule has 27 heavy (non-hydrogen) atoms. The molecule has 0 saturated carbocycles. The number of nitrogens with zero attached hydrogens (tertiary/aromatic N) is 2. The largest absolute Gasteiger partial charge is 0.492 e. The fourth-order valence-corrected chi connectivity index (χ4v) is 3.36. The average Bonchev–Trinajstić information content (AvgIpc) is 2.61. The number of carbonyl (C=O) groups excluding carboxylic acids is 1. The van der Waals surface area contributed by atoms with Gasteiger partial charge in [-0.05, 0) is 44.5 Å². The summed E-state index contributed by atoms with van der Waals surface area (Å²) in [5.74, 6) is 0.494. The number of fused-ring (bicyclic) bond motifs is 1. The van der Waals surface area contributed by atoms with Crippen LogP contribution in [0.4, 0.5) is 5.69 Å². The van der Waals surface area contributed by atoms with Crippen molar-refractivity contribution in [2.75, 3.05) is 17.7 Å². The number of aromatic amines is 1. The van der Waals surface area contributed by atoms with Crippen molar-refractivity contribution in [3.8, 4) is 5.75 Å². The molecule has 1 amide bonds. The molecule has 0 saturated heterocycles. The van der Waals surface area contributed by atoms with Gasteiger partial charge in [0, 0.05) is 5.69 Å². The van der Waals surface area contributed by atoms with Crippen molar-refractivity contribution in [1.29, 1.82) is 0 Å². The molecular weight excluding hydrogens is 364 g/mol. The monoisotopic (exact) mass is 384 g/mol. The van der Waals surface area contributed by atoms with E-state index in [-0.39, 0.29) is 17.2 Å². The minimum absolute atomic E-state index is 0.0969. The van der Waals surface area contributed by atoms with Gasteiger partial charge in [-0.2, -0.15) is 0 Å². The second kappa shape index (κ2) is 8.22. The third-order valence-corrected chi connectivity index (χ3v) is 4.65. The molecule has 3 aromatic rings. The van der Waals surface area contributed by atoms with Gasteiger partial charge in [0.15, 0.2) is 10.8 Å².